The monoisotopic (exact) mass is 430 g/mol. The summed E-state index contributed by atoms with van der Waals surface area (Å²) in [5.74, 6) is 1.54. The van der Waals surface area contributed by atoms with Crippen molar-refractivity contribution in [2.75, 3.05) is 32.4 Å². The van der Waals surface area contributed by atoms with E-state index >= 15 is 0 Å². The lowest BCUT2D eigenvalue weighted by molar-refractivity contribution is 0.104. The number of allylic oxidation sites excluding steroid dienone is 1. The van der Waals surface area contributed by atoms with Crippen molar-refractivity contribution in [2.45, 2.75) is 0 Å². The van der Waals surface area contributed by atoms with Crippen molar-refractivity contribution in [3.63, 3.8) is 0 Å². The molecule has 6 heteroatoms. The van der Waals surface area contributed by atoms with Crippen molar-refractivity contribution < 1.29 is 19.0 Å². The van der Waals surface area contributed by atoms with Crippen LogP contribution in [0, 0.1) is 0 Å². The van der Waals surface area contributed by atoms with E-state index in [4.69, 9.17) is 19.9 Å². The smallest absolute Gasteiger partial charge is 0.203 e. The molecule has 3 aromatic rings. The zero-order valence-corrected chi connectivity index (χ0v) is 18.3. The molecule has 0 spiro atoms. The molecule has 0 aliphatic heterocycles. The maximum absolute atomic E-state index is 12.4. The highest BCUT2D eigenvalue weighted by Gasteiger charge is 2.12. The first-order valence-corrected chi connectivity index (χ1v) is 9.96. The van der Waals surface area contributed by atoms with Crippen LogP contribution in [-0.4, -0.2) is 27.1 Å². The standard InChI is InChI=1S/C26H26N2O4/c1-30-24-16-18(17-25(31-2)26(24)32-3)12-13-19-8-4-7-11-22(19)28-15-14-23(29)20-9-5-6-10-21(20)27/h4-17,28H,27H2,1-3H3. The molecule has 32 heavy (non-hydrogen) atoms. The number of benzene rings is 3. The number of nitrogens with two attached hydrogens (primary N) is 1. The Morgan fingerprint density at radius 3 is 2.19 bits per heavy atom. The molecule has 0 unspecified atom stereocenters. The zero-order chi connectivity index (χ0) is 22.9. The quantitative estimate of drug-likeness (QED) is 0.208. The minimum absolute atomic E-state index is 0.166. The molecule has 0 radical (unpaired) electrons. The van der Waals surface area contributed by atoms with Gasteiger partial charge in [0.25, 0.3) is 0 Å². The van der Waals surface area contributed by atoms with Gasteiger partial charge in [-0.3, -0.25) is 4.79 Å². The Morgan fingerprint density at radius 2 is 1.53 bits per heavy atom. The minimum atomic E-state index is -0.166. The third kappa shape index (κ3) is 5.29. The highest BCUT2D eigenvalue weighted by molar-refractivity contribution is 6.08. The van der Waals surface area contributed by atoms with Gasteiger partial charge >= 0.3 is 0 Å². The van der Waals surface area contributed by atoms with Crippen LogP contribution in [0.1, 0.15) is 21.5 Å². The fourth-order valence-corrected chi connectivity index (χ4v) is 3.18. The van der Waals surface area contributed by atoms with Crippen LogP contribution >= 0.6 is 0 Å². The van der Waals surface area contributed by atoms with Crippen molar-refractivity contribution in [3.05, 3.63) is 89.6 Å². The highest BCUT2D eigenvalue weighted by Crippen LogP contribution is 2.38. The molecule has 6 nitrogen and oxygen atoms in total. The number of para-hydroxylation sites is 2. The van der Waals surface area contributed by atoms with Crippen LogP contribution in [0.2, 0.25) is 0 Å². The van der Waals surface area contributed by atoms with E-state index in [2.05, 4.69) is 5.32 Å². The molecular formula is C26H26N2O4. The second-order valence-corrected chi connectivity index (χ2v) is 6.81. The number of nitrogen functional groups attached to an aromatic ring is 1. The van der Waals surface area contributed by atoms with Crippen LogP contribution in [0.3, 0.4) is 0 Å². The van der Waals surface area contributed by atoms with Gasteiger partial charge in [0.15, 0.2) is 17.3 Å². The average Bonchev–Trinajstić information content (AvgIpc) is 2.82. The largest absolute Gasteiger partial charge is 0.493 e. The van der Waals surface area contributed by atoms with Gasteiger partial charge in [0.1, 0.15) is 0 Å². The molecule has 0 aromatic heterocycles. The number of carbonyl (C=O) groups excluding carboxylic acids is 1. The molecule has 0 bridgehead atoms. The van der Waals surface area contributed by atoms with Gasteiger partial charge in [-0.05, 0) is 41.5 Å². The van der Waals surface area contributed by atoms with Gasteiger partial charge in [-0.15, -0.1) is 0 Å². The van der Waals surface area contributed by atoms with E-state index in [1.54, 1.807) is 51.8 Å². The maximum atomic E-state index is 12.4. The third-order valence-corrected chi connectivity index (χ3v) is 4.80. The van der Waals surface area contributed by atoms with Crippen molar-refractivity contribution in [3.8, 4) is 17.2 Å². The number of ketones is 1. The molecule has 0 atom stereocenters. The van der Waals surface area contributed by atoms with Gasteiger partial charge in [0.2, 0.25) is 5.75 Å². The Morgan fingerprint density at radius 1 is 0.875 bits per heavy atom. The van der Waals surface area contributed by atoms with Crippen LogP contribution in [0.4, 0.5) is 11.4 Å². The molecular weight excluding hydrogens is 404 g/mol. The number of ether oxygens (including phenoxy) is 3. The number of anilines is 2. The summed E-state index contributed by atoms with van der Waals surface area (Å²) in [6.07, 6.45) is 6.99. The van der Waals surface area contributed by atoms with Crippen molar-refractivity contribution >= 4 is 29.3 Å². The number of carbonyl (C=O) groups is 1. The number of hydrogen-bond acceptors (Lipinski definition) is 6. The molecule has 0 aliphatic carbocycles. The number of rotatable bonds is 9. The number of methoxy groups -OCH3 is 3. The van der Waals surface area contributed by atoms with E-state index < -0.39 is 0 Å². The van der Waals surface area contributed by atoms with Gasteiger partial charge in [0, 0.05) is 29.2 Å². The van der Waals surface area contributed by atoms with Crippen LogP contribution in [0.15, 0.2) is 72.9 Å². The molecule has 0 aliphatic rings. The SMILES string of the molecule is COc1cc(C=Cc2ccccc2NC=CC(=O)c2ccccc2N)cc(OC)c1OC. The second kappa shape index (κ2) is 10.7. The summed E-state index contributed by atoms with van der Waals surface area (Å²) >= 11 is 0. The van der Waals surface area contributed by atoms with Crippen LogP contribution in [-0.2, 0) is 0 Å². The van der Waals surface area contributed by atoms with Crippen molar-refractivity contribution in [1.29, 1.82) is 0 Å². The van der Waals surface area contributed by atoms with E-state index in [1.165, 1.54) is 6.08 Å². The third-order valence-electron chi connectivity index (χ3n) is 4.80. The zero-order valence-electron chi connectivity index (χ0n) is 18.3. The molecule has 0 amide bonds. The maximum Gasteiger partial charge on any atom is 0.203 e. The van der Waals surface area contributed by atoms with E-state index in [0.717, 1.165) is 16.8 Å². The lowest BCUT2D eigenvalue weighted by atomic mass is 10.1. The summed E-state index contributed by atoms with van der Waals surface area (Å²) < 4.78 is 16.2. The Bertz CT molecular complexity index is 1130. The van der Waals surface area contributed by atoms with Gasteiger partial charge in [-0.2, -0.15) is 0 Å². The summed E-state index contributed by atoms with van der Waals surface area (Å²) in [7, 11) is 4.74. The van der Waals surface area contributed by atoms with Gasteiger partial charge in [-0.25, -0.2) is 0 Å². The second-order valence-electron chi connectivity index (χ2n) is 6.81. The van der Waals surface area contributed by atoms with E-state index in [-0.39, 0.29) is 5.78 Å². The molecule has 0 saturated heterocycles. The first kappa shape index (κ1) is 22.5. The Kier molecular flexibility index (Phi) is 7.54. The molecule has 0 saturated carbocycles. The summed E-state index contributed by atoms with van der Waals surface area (Å²) in [4.78, 5) is 12.4. The summed E-state index contributed by atoms with van der Waals surface area (Å²) in [5.41, 5.74) is 9.48. The predicted molar refractivity (Wildman–Crippen MR) is 129 cm³/mol. The van der Waals surface area contributed by atoms with E-state index in [0.29, 0.717) is 28.5 Å². The summed E-state index contributed by atoms with van der Waals surface area (Å²) in [5, 5.41) is 3.17. The molecule has 0 fully saturated rings. The Hall–Kier alpha value is -4.19. The van der Waals surface area contributed by atoms with Crippen LogP contribution in [0.25, 0.3) is 12.2 Å². The van der Waals surface area contributed by atoms with Crippen LogP contribution in [0.5, 0.6) is 17.2 Å². The van der Waals surface area contributed by atoms with Gasteiger partial charge in [-0.1, -0.05) is 42.5 Å². The fraction of sp³-hybridized carbons (Fsp3) is 0.115. The molecule has 3 rings (SSSR count). The first-order valence-electron chi connectivity index (χ1n) is 9.96. The van der Waals surface area contributed by atoms with Gasteiger partial charge in [0.05, 0.1) is 21.3 Å². The van der Waals surface area contributed by atoms with E-state index in [9.17, 15) is 4.79 Å². The van der Waals surface area contributed by atoms with Crippen LogP contribution < -0.4 is 25.3 Å². The average molecular weight is 431 g/mol. The highest BCUT2D eigenvalue weighted by atomic mass is 16.5. The molecule has 3 aromatic carbocycles. The molecule has 164 valence electrons. The summed E-state index contributed by atoms with van der Waals surface area (Å²) in [6.45, 7) is 0. The summed E-state index contributed by atoms with van der Waals surface area (Å²) in [6, 6.07) is 18.5. The lowest BCUT2D eigenvalue weighted by Crippen LogP contribution is -2.01. The van der Waals surface area contributed by atoms with Crippen molar-refractivity contribution in [1.82, 2.24) is 0 Å². The van der Waals surface area contributed by atoms with Crippen molar-refractivity contribution in [2.24, 2.45) is 0 Å². The normalized spacial score (nSPS) is 11.0. The Balaban J connectivity index is 1.79. The Labute approximate surface area is 187 Å². The predicted octanol–water partition coefficient (Wildman–Crippen LogP) is 5.27. The topological polar surface area (TPSA) is 82.8 Å². The molecule has 0 heterocycles. The van der Waals surface area contributed by atoms with E-state index in [1.807, 2.05) is 48.6 Å². The lowest BCUT2D eigenvalue weighted by Gasteiger charge is -2.13. The minimum Gasteiger partial charge on any atom is -0.493 e. The first-order chi connectivity index (χ1) is 15.6. The molecule has 3 N–H and O–H groups in total. The fourth-order valence-electron chi connectivity index (χ4n) is 3.18. The number of nitrogens with one attached hydrogen (secondary N) is 1. The van der Waals surface area contributed by atoms with Gasteiger partial charge < -0.3 is 25.3 Å². The number of hydrogen-bond donors (Lipinski definition) is 2.